The summed E-state index contributed by atoms with van der Waals surface area (Å²) >= 11 is 6.08. The summed E-state index contributed by atoms with van der Waals surface area (Å²) in [5, 5.41) is 9.87. The van der Waals surface area contributed by atoms with E-state index >= 15 is 0 Å². The Hall–Kier alpha value is -1.59. The Labute approximate surface area is 140 Å². The number of rotatable bonds is 3. The number of aliphatic hydroxyl groups is 1. The molecular weight excluding hydrogens is 316 g/mol. The molecule has 1 aromatic rings. The number of amides is 2. The molecule has 23 heavy (non-hydrogen) atoms. The Morgan fingerprint density at radius 3 is 2.83 bits per heavy atom. The fourth-order valence-electron chi connectivity index (χ4n) is 3.38. The van der Waals surface area contributed by atoms with Gasteiger partial charge in [0.1, 0.15) is 0 Å². The third-order valence-corrected chi connectivity index (χ3v) is 4.85. The van der Waals surface area contributed by atoms with E-state index in [1.165, 1.54) is 0 Å². The average molecular weight is 337 g/mol. The molecule has 1 aromatic carbocycles. The highest BCUT2D eigenvalue weighted by Gasteiger charge is 2.30. The predicted molar refractivity (Wildman–Crippen MR) is 88.8 cm³/mol. The maximum absolute atomic E-state index is 12.9. The van der Waals surface area contributed by atoms with Gasteiger partial charge in [0.05, 0.1) is 11.3 Å². The summed E-state index contributed by atoms with van der Waals surface area (Å²) in [5.41, 5.74) is 1.12. The lowest BCUT2D eigenvalue weighted by atomic mass is 9.98. The van der Waals surface area contributed by atoms with Crippen LogP contribution in [0.3, 0.4) is 0 Å². The van der Waals surface area contributed by atoms with Gasteiger partial charge < -0.3 is 14.9 Å². The van der Waals surface area contributed by atoms with Gasteiger partial charge in [0.15, 0.2) is 0 Å². The molecule has 6 heteroatoms. The average Bonchev–Trinajstić information content (AvgIpc) is 3.00. The number of hydrogen-bond acceptors (Lipinski definition) is 3. The smallest absolute Gasteiger partial charge is 0.255 e. The van der Waals surface area contributed by atoms with Gasteiger partial charge in [-0.2, -0.15) is 0 Å². The van der Waals surface area contributed by atoms with Gasteiger partial charge in [0.25, 0.3) is 5.91 Å². The number of hydrogen-bond donors (Lipinski definition) is 1. The molecule has 2 heterocycles. The van der Waals surface area contributed by atoms with Gasteiger partial charge in [-0.25, -0.2) is 0 Å². The molecule has 0 spiro atoms. The summed E-state index contributed by atoms with van der Waals surface area (Å²) in [5.74, 6) is 0.0829. The van der Waals surface area contributed by atoms with E-state index in [2.05, 4.69) is 0 Å². The van der Waals surface area contributed by atoms with Gasteiger partial charge in [-0.15, -0.1) is 0 Å². The number of anilines is 1. The molecule has 2 aliphatic rings. The first kappa shape index (κ1) is 16.3. The van der Waals surface area contributed by atoms with Crippen molar-refractivity contribution in [2.24, 2.45) is 5.92 Å². The minimum absolute atomic E-state index is 0.0354. The molecule has 0 bridgehead atoms. The summed E-state index contributed by atoms with van der Waals surface area (Å²) in [4.78, 5) is 28.4. The molecular formula is C17H21ClN2O3. The molecule has 124 valence electrons. The molecule has 2 amide bonds. The zero-order valence-corrected chi connectivity index (χ0v) is 13.8. The molecule has 0 aromatic heterocycles. The molecule has 0 saturated carbocycles. The number of halogens is 1. The molecule has 2 fully saturated rings. The van der Waals surface area contributed by atoms with Crippen molar-refractivity contribution in [3.05, 3.63) is 28.8 Å². The van der Waals surface area contributed by atoms with Crippen LogP contribution in [-0.2, 0) is 4.79 Å². The first-order valence-corrected chi connectivity index (χ1v) is 8.48. The van der Waals surface area contributed by atoms with Crippen molar-refractivity contribution in [2.75, 3.05) is 31.1 Å². The highest BCUT2D eigenvalue weighted by molar-refractivity contribution is 6.31. The van der Waals surface area contributed by atoms with Crippen molar-refractivity contribution >= 4 is 29.1 Å². The predicted octanol–water partition coefficient (Wildman–Crippen LogP) is 2.31. The molecule has 0 aliphatic carbocycles. The summed E-state index contributed by atoms with van der Waals surface area (Å²) in [6.07, 6.45) is 3.15. The number of aliphatic hydroxyl groups excluding tert-OH is 1. The monoisotopic (exact) mass is 336 g/mol. The van der Waals surface area contributed by atoms with E-state index < -0.39 is 0 Å². The second-order valence-electron chi connectivity index (χ2n) is 6.25. The third-order valence-electron chi connectivity index (χ3n) is 4.62. The van der Waals surface area contributed by atoms with Crippen molar-refractivity contribution in [1.82, 2.24) is 4.90 Å². The van der Waals surface area contributed by atoms with E-state index in [-0.39, 0.29) is 24.3 Å². The minimum Gasteiger partial charge on any atom is -0.396 e. The molecule has 1 N–H and O–H groups in total. The normalized spacial score (nSPS) is 21.8. The van der Waals surface area contributed by atoms with E-state index in [0.717, 1.165) is 19.3 Å². The van der Waals surface area contributed by atoms with E-state index in [9.17, 15) is 14.7 Å². The van der Waals surface area contributed by atoms with Crippen LogP contribution < -0.4 is 4.90 Å². The Kier molecular flexibility index (Phi) is 4.87. The lowest BCUT2D eigenvalue weighted by Gasteiger charge is -2.33. The van der Waals surface area contributed by atoms with Crippen molar-refractivity contribution in [3.63, 3.8) is 0 Å². The standard InChI is InChI=1S/C17H21ClN2O3/c18-13-5-6-14(15(9-13)20-8-2-4-16(20)22)17(23)19-7-1-3-12(10-19)11-21/h5-6,9,12,21H,1-4,7-8,10-11H2. The fraction of sp³-hybridized carbons (Fsp3) is 0.529. The van der Waals surface area contributed by atoms with Crippen LogP contribution in [-0.4, -0.2) is 48.1 Å². The molecule has 3 rings (SSSR count). The Morgan fingerprint density at radius 1 is 1.30 bits per heavy atom. The van der Waals surface area contributed by atoms with Crippen molar-refractivity contribution in [1.29, 1.82) is 0 Å². The second-order valence-corrected chi connectivity index (χ2v) is 6.69. The Bertz CT molecular complexity index is 620. The molecule has 2 aliphatic heterocycles. The number of carbonyl (C=O) groups is 2. The van der Waals surface area contributed by atoms with Gasteiger partial charge >= 0.3 is 0 Å². The molecule has 1 atom stereocenters. The first-order valence-electron chi connectivity index (χ1n) is 8.10. The SMILES string of the molecule is O=C(c1ccc(Cl)cc1N1CCCC1=O)N1CCCC(CO)C1. The van der Waals surface area contributed by atoms with Crippen LogP contribution >= 0.6 is 11.6 Å². The van der Waals surface area contributed by atoms with Crippen molar-refractivity contribution in [3.8, 4) is 0 Å². The molecule has 2 saturated heterocycles. The Balaban J connectivity index is 1.89. The number of benzene rings is 1. The highest BCUT2D eigenvalue weighted by Crippen LogP contribution is 2.30. The summed E-state index contributed by atoms with van der Waals surface area (Å²) in [6, 6.07) is 5.09. The summed E-state index contributed by atoms with van der Waals surface area (Å²) in [7, 11) is 0. The van der Waals surface area contributed by atoms with Gasteiger partial charge in [0.2, 0.25) is 5.91 Å². The third kappa shape index (κ3) is 3.35. The fourth-order valence-corrected chi connectivity index (χ4v) is 3.55. The van der Waals surface area contributed by atoms with Crippen molar-refractivity contribution in [2.45, 2.75) is 25.7 Å². The molecule has 0 radical (unpaired) electrons. The zero-order chi connectivity index (χ0) is 16.4. The van der Waals surface area contributed by atoms with Crippen molar-refractivity contribution < 1.29 is 14.7 Å². The van der Waals surface area contributed by atoms with Gasteiger partial charge in [-0.3, -0.25) is 9.59 Å². The summed E-state index contributed by atoms with van der Waals surface area (Å²) in [6.45, 7) is 1.97. The van der Waals surface area contributed by atoms with E-state index in [0.29, 0.717) is 42.3 Å². The number of carbonyl (C=O) groups excluding carboxylic acids is 2. The van der Waals surface area contributed by atoms with Crippen LogP contribution in [0.5, 0.6) is 0 Å². The zero-order valence-electron chi connectivity index (χ0n) is 13.0. The molecule has 1 unspecified atom stereocenters. The number of likely N-dealkylation sites (tertiary alicyclic amines) is 1. The Morgan fingerprint density at radius 2 is 2.13 bits per heavy atom. The van der Waals surface area contributed by atoms with Crippen LogP contribution in [0.2, 0.25) is 5.02 Å². The summed E-state index contributed by atoms with van der Waals surface area (Å²) < 4.78 is 0. The minimum atomic E-state index is -0.0884. The van der Waals surface area contributed by atoms with Crippen LogP contribution in [0.4, 0.5) is 5.69 Å². The quantitative estimate of drug-likeness (QED) is 0.921. The van der Waals surface area contributed by atoms with Crippen LogP contribution in [0.15, 0.2) is 18.2 Å². The van der Waals surface area contributed by atoms with Crippen LogP contribution in [0.1, 0.15) is 36.0 Å². The molecule has 5 nitrogen and oxygen atoms in total. The largest absolute Gasteiger partial charge is 0.396 e. The lowest BCUT2D eigenvalue weighted by molar-refractivity contribution is -0.117. The second kappa shape index (κ2) is 6.89. The maximum atomic E-state index is 12.9. The van der Waals surface area contributed by atoms with E-state index in [1.807, 2.05) is 0 Å². The number of piperidine rings is 1. The van der Waals surface area contributed by atoms with E-state index in [4.69, 9.17) is 11.6 Å². The number of nitrogens with zero attached hydrogens (tertiary/aromatic N) is 2. The first-order chi connectivity index (χ1) is 11.1. The van der Waals surface area contributed by atoms with Crippen LogP contribution in [0.25, 0.3) is 0 Å². The van der Waals surface area contributed by atoms with Gasteiger partial charge in [0, 0.05) is 37.7 Å². The topological polar surface area (TPSA) is 60.9 Å². The van der Waals surface area contributed by atoms with Gasteiger partial charge in [-0.05, 0) is 43.4 Å². The van der Waals surface area contributed by atoms with E-state index in [1.54, 1.807) is 28.0 Å². The lowest BCUT2D eigenvalue weighted by Crippen LogP contribution is -2.41. The van der Waals surface area contributed by atoms with Crippen LogP contribution in [0, 0.1) is 5.92 Å². The van der Waals surface area contributed by atoms with Gasteiger partial charge in [-0.1, -0.05) is 11.6 Å². The highest BCUT2D eigenvalue weighted by atomic mass is 35.5. The maximum Gasteiger partial charge on any atom is 0.255 e.